The average molecular weight is 607 g/mol. The van der Waals surface area contributed by atoms with Crippen LogP contribution in [0.1, 0.15) is 32.8 Å². The van der Waals surface area contributed by atoms with Crippen LogP contribution in [0.3, 0.4) is 0 Å². The summed E-state index contributed by atoms with van der Waals surface area (Å²) in [4.78, 5) is 28.6. The molecule has 0 saturated heterocycles. The molecule has 214 valence electrons. The molecule has 0 spiro atoms. The van der Waals surface area contributed by atoms with Crippen LogP contribution in [-0.2, 0) is 26.2 Å². The van der Waals surface area contributed by atoms with E-state index < -0.39 is 28.5 Å². The first-order chi connectivity index (χ1) is 19.0. The highest BCUT2D eigenvalue weighted by atomic mass is 35.5. The molecule has 0 radical (unpaired) electrons. The molecule has 1 N–H and O–H groups in total. The third-order valence-corrected chi connectivity index (χ3v) is 8.53. The number of hydrogen-bond donors (Lipinski definition) is 1. The van der Waals surface area contributed by atoms with E-state index in [2.05, 4.69) is 5.32 Å². The SMILES string of the molecule is CC[C@H](C(=O)NC(C)C)N(Cc1ccccc1Cl)C(=O)CN(c1cccc(Cl)c1)S(=O)(=O)c1ccc(OC)cc1. The Morgan fingerprint density at radius 2 is 1.65 bits per heavy atom. The number of anilines is 1. The van der Waals surface area contributed by atoms with Crippen LogP contribution < -0.4 is 14.4 Å². The summed E-state index contributed by atoms with van der Waals surface area (Å²) in [6.45, 7) is 4.87. The third kappa shape index (κ3) is 7.68. The summed E-state index contributed by atoms with van der Waals surface area (Å²) in [5.74, 6) is -0.440. The minimum atomic E-state index is -4.23. The molecule has 0 bridgehead atoms. The summed E-state index contributed by atoms with van der Waals surface area (Å²) < 4.78 is 34.0. The van der Waals surface area contributed by atoms with Gasteiger partial charge < -0.3 is 15.0 Å². The maximum Gasteiger partial charge on any atom is 0.264 e. The van der Waals surface area contributed by atoms with Crippen LogP contribution >= 0.6 is 23.2 Å². The van der Waals surface area contributed by atoms with Gasteiger partial charge in [0.15, 0.2) is 0 Å². The Labute approximate surface area is 245 Å². The Morgan fingerprint density at radius 3 is 2.23 bits per heavy atom. The van der Waals surface area contributed by atoms with Crippen molar-refractivity contribution in [3.05, 3.63) is 88.4 Å². The lowest BCUT2D eigenvalue weighted by Crippen LogP contribution is -2.53. The Bertz CT molecular complexity index is 1430. The molecule has 40 heavy (non-hydrogen) atoms. The number of nitrogens with zero attached hydrogens (tertiary/aromatic N) is 2. The van der Waals surface area contributed by atoms with Gasteiger partial charge in [-0.1, -0.05) is 54.4 Å². The number of carbonyl (C=O) groups is 2. The molecule has 0 aliphatic carbocycles. The second kappa shape index (κ2) is 13.9. The number of rotatable bonds is 12. The van der Waals surface area contributed by atoms with E-state index in [0.29, 0.717) is 27.8 Å². The first kappa shape index (κ1) is 31.3. The van der Waals surface area contributed by atoms with Crippen molar-refractivity contribution in [1.82, 2.24) is 10.2 Å². The zero-order valence-corrected chi connectivity index (χ0v) is 25.1. The van der Waals surface area contributed by atoms with Crippen molar-refractivity contribution >= 4 is 50.7 Å². The minimum absolute atomic E-state index is 0.00843. The van der Waals surface area contributed by atoms with Crippen LogP contribution in [0.15, 0.2) is 77.7 Å². The molecule has 1 atom stereocenters. The second-order valence-electron chi connectivity index (χ2n) is 9.37. The first-order valence-corrected chi connectivity index (χ1v) is 14.9. The van der Waals surface area contributed by atoms with Gasteiger partial charge in [0.2, 0.25) is 11.8 Å². The summed E-state index contributed by atoms with van der Waals surface area (Å²) in [5, 5.41) is 3.59. The molecule has 11 heteroatoms. The Morgan fingerprint density at radius 1 is 0.975 bits per heavy atom. The Hall–Kier alpha value is -3.27. The molecule has 0 aliphatic heterocycles. The zero-order chi connectivity index (χ0) is 29.4. The van der Waals surface area contributed by atoms with Crippen molar-refractivity contribution in [2.45, 2.75) is 50.7 Å². The number of amides is 2. The number of ether oxygens (including phenoxy) is 1. The molecule has 0 aliphatic rings. The molecule has 3 rings (SSSR count). The lowest BCUT2D eigenvalue weighted by Gasteiger charge is -2.33. The van der Waals surface area contributed by atoms with Gasteiger partial charge in [-0.3, -0.25) is 13.9 Å². The summed E-state index contributed by atoms with van der Waals surface area (Å²) in [5.41, 5.74) is 0.828. The molecule has 0 heterocycles. The van der Waals surface area contributed by atoms with E-state index in [-0.39, 0.29) is 29.1 Å². The maximum atomic E-state index is 14.0. The van der Waals surface area contributed by atoms with Crippen LogP contribution in [-0.4, -0.2) is 50.9 Å². The van der Waals surface area contributed by atoms with Gasteiger partial charge >= 0.3 is 0 Å². The topological polar surface area (TPSA) is 96.0 Å². The van der Waals surface area contributed by atoms with Crippen molar-refractivity contribution in [1.29, 1.82) is 0 Å². The molecule has 2 amide bonds. The minimum Gasteiger partial charge on any atom is -0.497 e. The number of nitrogens with one attached hydrogen (secondary N) is 1. The van der Waals surface area contributed by atoms with Gasteiger partial charge in [0.05, 0.1) is 17.7 Å². The molecular formula is C29H33Cl2N3O5S. The Balaban J connectivity index is 2.08. The molecule has 0 unspecified atom stereocenters. The van der Waals surface area contributed by atoms with Gasteiger partial charge in [-0.2, -0.15) is 0 Å². The molecule has 3 aromatic rings. The molecule has 0 saturated carbocycles. The monoisotopic (exact) mass is 605 g/mol. The number of carbonyl (C=O) groups excluding carboxylic acids is 2. The smallest absolute Gasteiger partial charge is 0.264 e. The van der Waals surface area contributed by atoms with Crippen LogP contribution in [0.25, 0.3) is 0 Å². The van der Waals surface area contributed by atoms with E-state index in [1.54, 1.807) is 49.4 Å². The normalized spacial score (nSPS) is 12.1. The fourth-order valence-electron chi connectivity index (χ4n) is 4.15. The number of halogens is 2. The van der Waals surface area contributed by atoms with Crippen LogP contribution in [0, 0.1) is 0 Å². The summed E-state index contributed by atoms with van der Waals surface area (Å²) in [7, 11) is -2.75. The van der Waals surface area contributed by atoms with Gasteiger partial charge in [-0.25, -0.2) is 8.42 Å². The molecular weight excluding hydrogens is 573 g/mol. The molecule has 0 aromatic heterocycles. The molecule has 0 fully saturated rings. The standard InChI is InChI=1S/C29H33Cl2N3O5S/c1-5-27(29(36)32-20(2)3)33(18-21-9-6-7-12-26(21)31)28(35)19-34(23-11-8-10-22(30)17-23)40(37,38)25-15-13-24(39-4)14-16-25/h6-17,20,27H,5,18-19H2,1-4H3,(H,32,36)/t27-/m1/s1. The van der Waals surface area contributed by atoms with Gasteiger partial charge in [0.1, 0.15) is 18.3 Å². The predicted molar refractivity (Wildman–Crippen MR) is 158 cm³/mol. The van der Waals surface area contributed by atoms with Crippen molar-refractivity contribution in [2.24, 2.45) is 0 Å². The first-order valence-electron chi connectivity index (χ1n) is 12.7. The maximum absolute atomic E-state index is 14.0. The molecule has 8 nitrogen and oxygen atoms in total. The van der Waals surface area contributed by atoms with Gasteiger partial charge in [0, 0.05) is 22.6 Å². The zero-order valence-electron chi connectivity index (χ0n) is 22.8. The van der Waals surface area contributed by atoms with E-state index in [9.17, 15) is 18.0 Å². The van der Waals surface area contributed by atoms with Crippen LogP contribution in [0.4, 0.5) is 5.69 Å². The van der Waals surface area contributed by atoms with Crippen molar-refractivity contribution in [2.75, 3.05) is 18.0 Å². The highest BCUT2D eigenvalue weighted by molar-refractivity contribution is 7.92. The number of benzene rings is 3. The average Bonchev–Trinajstić information content (AvgIpc) is 2.92. The third-order valence-electron chi connectivity index (χ3n) is 6.14. The summed E-state index contributed by atoms with van der Waals surface area (Å²) in [6.07, 6.45) is 0.303. The predicted octanol–water partition coefficient (Wildman–Crippen LogP) is 5.53. The lowest BCUT2D eigenvalue weighted by atomic mass is 10.1. The summed E-state index contributed by atoms with van der Waals surface area (Å²) in [6, 6.07) is 18.1. The number of methoxy groups -OCH3 is 1. The largest absolute Gasteiger partial charge is 0.497 e. The fourth-order valence-corrected chi connectivity index (χ4v) is 5.93. The van der Waals surface area contributed by atoms with E-state index in [4.69, 9.17) is 27.9 Å². The quantitative estimate of drug-likeness (QED) is 0.293. The van der Waals surface area contributed by atoms with Gasteiger partial charge in [0.25, 0.3) is 10.0 Å². The van der Waals surface area contributed by atoms with E-state index >= 15 is 0 Å². The van der Waals surface area contributed by atoms with Crippen LogP contribution in [0.5, 0.6) is 5.75 Å². The number of hydrogen-bond acceptors (Lipinski definition) is 5. The van der Waals surface area contributed by atoms with E-state index in [1.165, 1.54) is 42.3 Å². The van der Waals surface area contributed by atoms with E-state index in [1.807, 2.05) is 13.8 Å². The van der Waals surface area contributed by atoms with Gasteiger partial charge in [-0.05, 0) is 74.4 Å². The highest BCUT2D eigenvalue weighted by Gasteiger charge is 2.34. The van der Waals surface area contributed by atoms with Crippen molar-refractivity contribution < 1.29 is 22.7 Å². The fraction of sp³-hybridized carbons (Fsp3) is 0.310. The number of sulfonamides is 1. The van der Waals surface area contributed by atoms with Crippen molar-refractivity contribution in [3.63, 3.8) is 0 Å². The Kier molecular flexibility index (Phi) is 10.8. The second-order valence-corrected chi connectivity index (χ2v) is 12.1. The lowest BCUT2D eigenvalue weighted by molar-refractivity contribution is -0.140. The van der Waals surface area contributed by atoms with Gasteiger partial charge in [-0.15, -0.1) is 0 Å². The summed E-state index contributed by atoms with van der Waals surface area (Å²) >= 11 is 12.6. The van der Waals surface area contributed by atoms with Crippen LogP contribution in [0.2, 0.25) is 10.0 Å². The van der Waals surface area contributed by atoms with E-state index in [0.717, 1.165) is 4.31 Å². The van der Waals surface area contributed by atoms with Crippen molar-refractivity contribution in [3.8, 4) is 5.75 Å². The highest BCUT2D eigenvalue weighted by Crippen LogP contribution is 2.28. The molecule has 3 aromatic carbocycles.